The molecule has 1 unspecified atom stereocenters. The molecule has 6 heteroatoms. The van der Waals surface area contributed by atoms with Gasteiger partial charge in [-0.3, -0.25) is 4.79 Å². The zero-order valence-corrected chi connectivity index (χ0v) is 17.8. The lowest BCUT2D eigenvalue weighted by Gasteiger charge is -2.22. The zero-order chi connectivity index (χ0) is 20.1. The Morgan fingerprint density at radius 2 is 1.79 bits per heavy atom. The number of nitrogens with one attached hydrogen (secondary N) is 2. The zero-order valence-electron chi connectivity index (χ0n) is 17.0. The number of quaternary nitrogens is 1. The van der Waals surface area contributed by atoms with Crippen molar-refractivity contribution in [3.05, 3.63) is 53.5 Å². The first kappa shape index (κ1) is 19.9. The minimum absolute atomic E-state index is 0.0335. The van der Waals surface area contributed by atoms with Gasteiger partial charge in [-0.2, -0.15) is 0 Å². The summed E-state index contributed by atoms with van der Waals surface area (Å²) in [4.78, 5) is 20.7. The van der Waals surface area contributed by atoms with Gasteiger partial charge in [-0.15, -0.1) is 11.3 Å². The molecule has 0 radical (unpaired) electrons. The van der Waals surface area contributed by atoms with Crippen molar-refractivity contribution in [3.8, 4) is 0 Å². The fraction of sp³-hybridized carbons (Fsp3) is 0.391. The first-order valence-corrected chi connectivity index (χ1v) is 11.3. The van der Waals surface area contributed by atoms with Crippen molar-refractivity contribution in [1.82, 2.24) is 4.98 Å². The van der Waals surface area contributed by atoms with E-state index in [0.29, 0.717) is 6.54 Å². The van der Waals surface area contributed by atoms with E-state index in [0.717, 1.165) is 40.7 Å². The summed E-state index contributed by atoms with van der Waals surface area (Å²) < 4.78 is 1.20. The Morgan fingerprint density at radius 1 is 1.07 bits per heavy atom. The molecule has 152 valence electrons. The number of aromatic nitrogens is 1. The summed E-state index contributed by atoms with van der Waals surface area (Å²) in [6, 6.07) is 16.4. The highest BCUT2D eigenvalue weighted by atomic mass is 32.1. The first-order valence-electron chi connectivity index (χ1n) is 10.5. The maximum absolute atomic E-state index is 12.5. The molecule has 1 aliphatic heterocycles. The number of carbonyl (C=O) groups excluding carboxylic acids is 1. The second-order valence-electron chi connectivity index (χ2n) is 7.88. The van der Waals surface area contributed by atoms with Gasteiger partial charge in [0.15, 0.2) is 6.54 Å². The summed E-state index contributed by atoms with van der Waals surface area (Å²) in [7, 11) is 2.04. The Balaban J connectivity index is 1.29. The highest BCUT2D eigenvalue weighted by molar-refractivity contribution is 7.18. The SMILES string of the molecule is C[NH+](CC(=O)Nc1ccc(N2CCCCCC2)cc1)Cc1nc2ccccc2s1. The molecule has 5 nitrogen and oxygen atoms in total. The van der Waals surface area contributed by atoms with Crippen LogP contribution in [0, 0.1) is 0 Å². The molecule has 4 rings (SSSR count). The number of nitrogens with zero attached hydrogens (tertiary/aromatic N) is 2. The highest BCUT2D eigenvalue weighted by Crippen LogP contribution is 2.22. The van der Waals surface area contributed by atoms with Gasteiger partial charge in [-0.25, -0.2) is 4.98 Å². The van der Waals surface area contributed by atoms with Crippen LogP contribution in [-0.4, -0.2) is 37.6 Å². The molecule has 3 aromatic rings. The van der Waals surface area contributed by atoms with Crippen molar-refractivity contribution in [2.75, 3.05) is 36.9 Å². The predicted octanol–water partition coefficient (Wildman–Crippen LogP) is 3.33. The van der Waals surface area contributed by atoms with E-state index in [1.165, 1.54) is 36.1 Å². The van der Waals surface area contributed by atoms with Gasteiger partial charge in [0.25, 0.3) is 5.91 Å². The summed E-state index contributed by atoms with van der Waals surface area (Å²) in [6.45, 7) is 3.43. The van der Waals surface area contributed by atoms with Crippen molar-refractivity contribution >= 4 is 38.8 Å². The fourth-order valence-corrected chi connectivity index (χ4v) is 4.96. The number of hydrogen-bond acceptors (Lipinski definition) is 4. The molecule has 1 atom stereocenters. The molecule has 2 N–H and O–H groups in total. The van der Waals surface area contributed by atoms with Gasteiger partial charge >= 0.3 is 0 Å². The number of para-hydroxylation sites is 1. The standard InChI is InChI=1S/C23H28N4OS/c1-26(17-23-25-20-8-4-5-9-21(20)29-23)16-22(28)24-18-10-12-19(13-11-18)27-14-6-2-3-7-15-27/h4-5,8-13H,2-3,6-7,14-17H2,1H3,(H,24,28)/p+1. The van der Waals surface area contributed by atoms with E-state index >= 15 is 0 Å². The molecule has 29 heavy (non-hydrogen) atoms. The third-order valence-electron chi connectivity index (χ3n) is 5.38. The summed E-state index contributed by atoms with van der Waals surface area (Å²) in [5.74, 6) is 0.0335. The molecular weight excluding hydrogens is 380 g/mol. The minimum Gasteiger partial charge on any atom is -0.372 e. The van der Waals surface area contributed by atoms with Crippen LogP contribution in [0.1, 0.15) is 30.7 Å². The second kappa shape index (κ2) is 9.37. The average molecular weight is 410 g/mol. The van der Waals surface area contributed by atoms with Crippen LogP contribution in [0.25, 0.3) is 10.2 Å². The van der Waals surface area contributed by atoms with Crippen LogP contribution in [0.3, 0.4) is 0 Å². The third kappa shape index (κ3) is 5.34. The quantitative estimate of drug-likeness (QED) is 0.657. The van der Waals surface area contributed by atoms with Gasteiger partial charge in [0.1, 0.15) is 11.6 Å². The average Bonchev–Trinajstić information content (AvgIpc) is 2.92. The normalized spacial score (nSPS) is 15.8. The fourth-order valence-electron chi connectivity index (χ4n) is 3.88. The first-order chi connectivity index (χ1) is 14.2. The number of hydrogen-bond donors (Lipinski definition) is 2. The lowest BCUT2D eigenvalue weighted by Crippen LogP contribution is -3.08. The lowest BCUT2D eigenvalue weighted by molar-refractivity contribution is -0.885. The molecule has 1 amide bonds. The minimum atomic E-state index is 0.0335. The summed E-state index contributed by atoms with van der Waals surface area (Å²) >= 11 is 1.70. The molecule has 2 aromatic carbocycles. The maximum Gasteiger partial charge on any atom is 0.279 e. The van der Waals surface area contributed by atoms with Crippen LogP contribution < -0.4 is 15.1 Å². The molecule has 1 aromatic heterocycles. The van der Waals surface area contributed by atoms with E-state index < -0.39 is 0 Å². The van der Waals surface area contributed by atoms with Crippen LogP contribution in [0.5, 0.6) is 0 Å². The van der Waals surface area contributed by atoms with Gasteiger partial charge in [0.2, 0.25) is 0 Å². The van der Waals surface area contributed by atoms with Gasteiger partial charge in [-0.1, -0.05) is 25.0 Å². The smallest absolute Gasteiger partial charge is 0.279 e. The summed E-state index contributed by atoms with van der Waals surface area (Å²) in [5, 5.41) is 4.10. The van der Waals surface area contributed by atoms with E-state index in [4.69, 9.17) is 0 Å². The van der Waals surface area contributed by atoms with Crippen LogP contribution in [0.15, 0.2) is 48.5 Å². The Hall–Kier alpha value is -2.44. The topological polar surface area (TPSA) is 49.7 Å². The molecule has 0 saturated carbocycles. The Kier molecular flexibility index (Phi) is 6.42. The van der Waals surface area contributed by atoms with Gasteiger partial charge < -0.3 is 15.1 Å². The van der Waals surface area contributed by atoms with Crippen LogP contribution >= 0.6 is 11.3 Å². The summed E-state index contributed by atoms with van der Waals surface area (Å²) in [5.41, 5.74) is 3.15. The van der Waals surface area contributed by atoms with Crippen molar-refractivity contribution in [1.29, 1.82) is 0 Å². The summed E-state index contributed by atoms with van der Waals surface area (Å²) in [6.07, 6.45) is 5.19. The number of fused-ring (bicyclic) bond motifs is 1. The van der Waals surface area contributed by atoms with E-state index in [1.54, 1.807) is 11.3 Å². The van der Waals surface area contributed by atoms with Gasteiger partial charge in [0, 0.05) is 24.5 Å². The number of benzene rings is 2. The van der Waals surface area contributed by atoms with Gasteiger partial charge in [0.05, 0.1) is 17.3 Å². The van der Waals surface area contributed by atoms with E-state index in [1.807, 2.05) is 37.4 Å². The maximum atomic E-state index is 12.5. The molecule has 0 aliphatic carbocycles. The Morgan fingerprint density at radius 3 is 2.52 bits per heavy atom. The van der Waals surface area contributed by atoms with Crippen LogP contribution in [0.2, 0.25) is 0 Å². The van der Waals surface area contributed by atoms with Crippen LogP contribution in [-0.2, 0) is 11.3 Å². The van der Waals surface area contributed by atoms with Gasteiger partial charge in [-0.05, 0) is 49.2 Å². The predicted molar refractivity (Wildman–Crippen MR) is 121 cm³/mol. The Labute approximate surface area is 176 Å². The molecule has 2 heterocycles. The largest absolute Gasteiger partial charge is 0.372 e. The molecule has 1 fully saturated rings. The Bertz CT molecular complexity index is 912. The molecule has 0 spiro atoms. The number of amides is 1. The van der Waals surface area contributed by atoms with Crippen molar-refractivity contribution in [2.24, 2.45) is 0 Å². The number of carbonyl (C=O) groups is 1. The van der Waals surface area contributed by atoms with Crippen LogP contribution in [0.4, 0.5) is 11.4 Å². The molecular formula is C23H29N4OS+. The van der Waals surface area contributed by atoms with E-state index in [-0.39, 0.29) is 5.91 Å². The van der Waals surface area contributed by atoms with Crippen molar-refractivity contribution in [2.45, 2.75) is 32.2 Å². The van der Waals surface area contributed by atoms with Crippen molar-refractivity contribution < 1.29 is 9.69 Å². The molecule has 1 aliphatic rings. The van der Waals surface area contributed by atoms with E-state index in [2.05, 4.69) is 33.4 Å². The molecule has 0 bridgehead atoms. The number of likely N-dealkylation sites (N-methyl/N-ethyl adjacent to an activating group) is 1. The third-order valence-corrected chi connectivity index (χ3v) is 6.41. The number of rotatable bonds is 6. The lowest BCUT2D eigenvalue weighted by atomic mass is 10.2. The molecule has 1 saturated heterocycles. The van der Waals surface area contributed by atoms with Crippen molar-refractivity contribution in [3.63, 3.8) is 0 Å². The second-order valence-corrected chi connectivity index (χ2v) is 9.00. The number of anilines is 2. The highest BCUT2D eigenvalue weighted by Gasteiger charge is 2.14. The van der Waals surface area contributed by atoms with E-state index in [9.17, 15) is 4.79 Å². The monoisotopic (exact) mass is 409 g/mol. The number of thiazole rings is 1.